The van der Waals surface area contributed by atoms with Gasteiger partial charge in [0.05, 0.1) is 6.04 Å². The van der Waals surface area contributed by atoms with E-state index in [2.05, 4.69) is 23.8 Å². The van der Waals surface area contributed by atoms with Crippen LogP contribution in [-0.2, 0) is 4.79 Å². The van der Waals surface area contributed by atoms with Crippen LogP contribution in [0, 0.1) is 0 Å². The minimum atomic E-state index is -0.107. The van der Waals surface area contributed by atoms with Crippen molar-refractivity contribution in [3.8, 4) is 0 Å². The van der Waals surface area contributed by atoms with Crippen LogP contribution in [0.2, 0.25) is 0 Å². The van der Waals surface area contributed by atoms with Crippen molar-refractivity contribution in [3.63, 3.8) is 0 Å². The summed E-state index contributed by atoms with van der Waals surface area (Å²) in [5, 5.41) is 6.25. The van der Waals surface area contributed by atoms with Crippen molar-refractivity contribution in [1.82, 2.24) is 10.6 Å². The van der Waals surface area contributed by atoms with Crippen molar-refractivity contribution in [2.24, 2.45) is 0 Å². The van der Waals surface area contributed by atoms with Gasteiger partial charge in [0.15, 0.2) is 0 Å². The molecule has 0 fully saturated rings. The quantitative estimate of drug-likeness (QED) is 0.701. The Kier molecular flexibility index (Phi) is 7.88. The fourth-order valence-electron chi connectivity index (χ4n) is 1.32. The summed E-state index contributed by atoms with van der Waals surface area (Å²) in [4.78, 5) is 11.6. The van der Waals surface area contributed by atoms with E-state index in [4.69, 9.17) is 0 Å². The summed E-state index contributed by atoms with van der Waals surface area (Å²) in [7, 11) is 0. The largest absolute Gasteiger partial charge is 0.353 e. The summed E-state index contributed by atoms with van der Waals surface area (Å²) in [5.74, 6) is 1.14. The lowest BCUT2D eigenvalue weighted by Crippen LogP contribution is -2.48. The maximum atomic E-state index is 11.6. The zero-order chi connectivity index (χ0) is 11.8. The molecular formula is C11H24N2OS. The number of carbonyl (C=O) groups is 1. The molecule has 2 unspecified atom stereocenters. The van der Waals surface area contributed by atoms with Gasteiger partial charge in [0.25, 0.3) is 0 Å². The number of nitrogens with one attached hydrogen (secondary N) is 2. The molecule has 90 valence electrons. The first kappa shape index (κ1) is 14.8. The van der Waals surface area contributed by atoms with Crippen LogP contribution < -0.4 is 10.6 Å². The second-order valence-electron chi connectivity index (χ2n) is 4.11. The number of carbonyl (C=O) groups excluding carboxylic acids is 1. The average Bonchev–Trinajstić information content (AvgIpc) is 2.15. The molecule has 0 aliphatic rings. The first-order chi connectivity index (χ1) is 7.01. The Morgan fingerprint density at radius 2 is 1.93 bits per heavy atom. The van der Waals surface area contributed by atoms with E-state index >= 15 is 0 Å². The van der Waals surface area contributed by atoms with Gasteiger partial charge in [0.1, 0.15) is 0 Å². The molecule has 0 aliphatic heterocycles. The molecule has 0 aromatic heterocycles. The summed E-state index contributed by atoms with van der Waals surface area (Å²) in [6.07, 6.45) is 3.14. The maximum absolute atomic E-state index is 11.6. The molecule has 4 heteroatoms. The Morgan fingerprint density at radius 3 is 2.33 bits per heavy atom. The van der Waals surface area contributed by atoms with Crippen LogP contribution in [0.15, 0.2) is 0 Å². The monoisotopic (exact) mass is 232 g/mol. The summed E-state index contributed by atoms with van der Waals surface area (Å²) in [6, 6.07) is 0.528. The normalized spacial score (nSPS) is 15.1. The van der Waals surface area contributed by atoms with Gasteiger partial charge in [-0.05, 0) is 33.4 Å². The van der Waals surface area contributed by atoms with Crippen LogP contribution in [0.1, 0.15) is 34.1 Å². The van der Waals surface area contributed by atoms with Crippen molar-refractivity contribution >= 4 is 17.7 Å². The molecule has 0 bridgehead atoms. The molecule has 15 heavy (non-hydrogen) atoms. The Bertz CT molecular complexity index is 185. The number of hydrogen-bond donors (Lipinski definition) is 2. The highest BCUT2D eigenvalue weighted by molar-refractivity contribution is 7.98. The van der Waals surface area contributed by atoms with Crippen LogP contribution in [-0.4, -0.2) is 36.0 Å². The number of hydrogen-bond acceptors (Lipinski definition) is 3. The van der Waals surface area contributed by atoms with E-state index in [0.29, 0.717) is 6.04 Å². The molecule has 0 aromatic carbocycles. The standard InChI is InChI=1S/C11H24N2OS/c1-6-10(7-15-5)13-9(4)11(14)12-8(2)3/h8-10,13H,6-7H2,1-5H3,(H,12,14). The molecule has 0 radical (unpaired) electrons. The molecule has 2 atom stereocenters. The maximum Gasteiger partial charge on any atom is 0.237 e. The Labute approximate surface area is 97.8 Å². The van der Waals surface area contributed by atoms with Crippen molar-refractivity contribution in [2.75, 3.05) is 12.0 Å². The topological polar surface area (TPSA) is 41.1 Å². The van der Waals surface area contributed by atoms with Crippen molar-refractivity contribution in [1.29, 1.82) is 0 Å². The first-order valence-corrected chi connectivity index (χ1v) is 6.96. The number of rotatable bonds is 7. The second-order valence-corrected chi connectivity index (χ2v) is 5.02. The van der Waals surface area contributed by atoms with Crippen molar-refractivity contribution in [3.05, 3.63) is 0 Å². The minimum absolute atomic E-state index is 0.0875. The number of thioether (sulfide) groups is 1. The van der Waals surface area contributed by atoms with Gasteiger partial charge in [-0.15, -0.1) is 0 Å². The van der Waals surface area contributed by atoms with Gasteiger partial charge in [0, 0.05) is 17.8 Å². The molecular weight excluding hydrogens is 208 g/mol. The Hall–Kier alpha value is -0.220. The highest BCUT2D eigenvalue weighted by Gasteiger charge is 2.16. The van der Waals surface area contributed by atoms with Crippen molar-refractivity contribution in [2.45, 2.75) is 52.2 Å². The first-order valence-electron chi connectivity index (χ1n) is 5.56. The second kappa shape index (κ2) is 7.99. The lowest BCUT2D eigenvalue weighted by atomic mass is 10.2. The van der Waals surface area contributed by atoms with Crippen LogP contribution in [0.5, 0.6) is 0 Å². The third kappa shape index (κ3) is 6.79. The molecule has 0 saturated heterocycles. The summed E-state index contributed by atoms with van der Waals surface area (Å²) >= 11 is 1.81. The van der Waals surface area contributed by atoms with Crippen LogP contribution in [0.4, 0.5) is 0 Å². The summed E-state index contributed by atoms with van der Waals surface area (Å²) < 4.78 is 0. The van der Waals surface area contributed by atoms with Crippen molar-refractivity contribution < 1.29 is 4.79 Å². The molecule has 1 amide bonds. The van der Waals surface area contributed by atoms with Crippen LogP contribution in [0.3, 0.4) is 0 Å². The van der Waals surface area contributed by atoms with E-state index in [9.17, 15) is 4.79 Å². The van der Waals surface area contributed by atoms with Gasteiger partial charge < -0.3 is 10.6 Å². The molecule has 0 aliphatic carbocycles. The van der Waals surface area contributed by atoms with Gasteiger partial charge in [-0.2, -0.15) is 11.8 Å². The predicted molar refractivity (Wildman–Crippen MR) is 68.3 cm³/mol. The van der Waals surface area contributed by atoms with Gasteiger partial charge in [-0.1, -0.05) is 6.92 Å². The fourth-order valence-corrected chi connectivity index (χ4v) is 2.06. The average molecular weight is 232 g/mol. The van der Waals surface area contributed by atoms with E-state index in [1.54, 1.807) is 0 Å². The fraction of sp³-hybridized carbons (Fsp3) is 0.909. The van der Waals surface area contributed by atoms with Gasteiger partial charge in [-0.3, -0.25) is 4.79 Å². The molecule has 0 heterocycles. The summed E-state index contributed by atoms with van der Waals surface area (Å²) in [6.45, 7) is 8.01. The highest BCUT2D eigenvalue weighted by Crippen LogP contribution is 2.02. The van der Waals surface area contributed by atoms with Gasteiger partial charge in [-0.25, -0.2) is 0 Å². The predicted octanol–water partition coefficient (Wildman–Crippen LogP) is 1.63. The van der Waals surface area contributed by atoms with E-state index in [1.807, 2.05) is 32.5 Å². The third-order valence-electron chi connectivity index (χ3n) is 2.17. The minimum Gasteiger partial charge on any atom is -0.353 e. The lowest BCUT2D eigenvalue weighted by molar-refractivity contribution is -0.123. The summed E-state index contributed by atoms with van der Waals surface area (Å²) in [5.41, 5.74) is 0. The Balaban J connectivity index is 3.97. The Morgan fingerprint density at radius 1 is 1.33 bits per heavy atom. The molecule has 2 N–H and O–H groups in total. The van der Waals surface area contributed by atoms with E-state index in [-0.39, 0.29) is 18.0 Å². The van der Waals surface area contributed by atoms with Crippen LogP contribution >= 0.6 is 11.8 Å². The SMILES string of the molecule is CCC(CSC)NC(C)C(=O)NC(C)C. The number of amides is 1. The molecule has 0 aromatic rings. The smallest absolute Gasteiger partial charge is 0.237 e. The third-order valence-corrected chi connectivity index (χ3v) is 2.91. The highest BCUT2D eigenvalue weighted by atomic mass is 32.2. The molecule has 0 rings (SSSR count). The molecule has 3 nitrogen and oxygen atoms in total. The van der Waals surface area contributed by atoms with Gasteiger partial charge >= 0.3 is 0 Å². The van der Waals surface area contributed by atoms with E-state index in [1.165, 1.54) is 0 Å². The molecule has 0 saturated carbocycles. The van der Waals surface area contributed by atoms with E-state index in [0.717, 1.165) is 12.2 Å². The van der Waals surface area contributed by atoms with Crippen LogP contribution in [0.25, 0.3) is 0 Å². The lowest BCUT2D eigenvalue weighted by Gasteiger charge is -2.22. The zero-order valence-electron chi connectivity index (χ0n) is 10.5. The van der Waals surface area contributed by atoms with Gasteiger partial charge in [0.2, 0.25) is 5.91 Å². The zero-order valence-corrected chi connectivity index (χ0v) is 11.3. The molecule has 0 spiro atoms. The van der Waals surface area contributed by atoms with E-state index < -0.39 is 0 Å².